The van der Waals surface area contributed by atoms with Crippen LogP contribution in [0.25, 0.3) is 0 Å². The van der Waals surface area contributed by atoms with Gasteiger partial charge in [0.05, 0.1) is 24.7 Å². The second kappa shape index (κ2) is 8.19. The fraction of sp³-hybridized carbons (Fsp3) is 0.400. The standard InChI is InChI=1S/C20H22N2O4S/c23-18-13-27-20(22(18)12-17-4-2-10-26-17)15-7-5-14(6-8-15)19(24)21-11-16-3-1-9-25-16/h2,4-8,10,16,20H,1,3,9,11-13H2,(H,21,24)/t16-,20-/m1/s1. The summed E-state index contributed by atoms with van der Waals surface area (Å²) in [5.41, 5.74) is 1.62. The Morgan fingerprint density at radius 1 is 1.26 bits per heavy atom. The minimum absolute atomic E-state index is 0.0633. The summed E-state index contributed by atoms with van der Waals surface area (Å²) in [6.45, 7) is 1.78. The summed E-state index contributed by atoms with van der Waals surface area (Å²) in [5.74, 6) is 1.22. The normalized spacial score (nSPS) is 22.4. The number of furan rings is 1. The molecule has 2 atom stereocenters. The van der Waals surface area contributed by atoms with Gasteiger partial charge >= 0.3 is 0 Å². The molecule has 2 fully saturated rings. The van der Waals surface area contributed by atoms with Crippen molar-refractivity contribution in [3.05, 3.63) is 59.5 Å². The van der Waals surface area contributed by atoms with Crippen LogP contribution >= 0.6 is 11.8 Å². The first-order valence-electron chi connectivity index (χ1n) is 9.14. The molecule has 27 heavy (non-hydrogen) atoms. The molecular formula is C20H22N2O4S. The highest BCUT2D eigenvalue weighted by molar-refractivity contribution is 8.00. The van der Waals surface area contributed by atoms with Gasteiger partial charge in [-0.2, -0.15) is 0 Å². The van der Waals surface area contributed by atoms with E-state index in [0.29, 0.717) is 24.4 Å². The van der Waals surface area contributed by atoms with E-state index >= 15 is 0 Å². The van der Waals surface area contributed by atoms with E-state index in [4.69, 9.17) is 9.15 Å². The van der Waals surface area contributed by atoms with E-state index in [1.54, 1.807) is 18.0 Å². The van der Waals surface area contributed by atoms with E-state index in [1.165, 1.54) is 0 Å². The summed E-state index contributed by atoms with van der Waals surface area (Å²) in [7, 11) is 0. The minimum atomic E-state index is -0.0976. The molecule has 0 saturated carbocycles. The highest BCUT2D eigenvalue weighted by Gasteiger charge is 2.33. The first kappa shape index (κ1) is 18.1. The molecule has 2 saturated heterocycles. The maximum Gasteiger partial charge on any atom is 0.251 e. The number of amides is 2. The van der Waals surface area contributed by atoms with E-state index in [-0.39, 0.29) is 23.3 Å². The van der Waals surface area contributed by atoms with Crippen molar-refractivity contribution in [1.82, 2.24) is 10.2 Å². The molecule has 2 aromatic rings. The van der Waals surface area contributed by atoms with Crippen molar-refractivity contribution in [2.75, 3.05) is 18.9 Å². The zero-order chi connectivity index (χ0) is 18.6. The van der Waals surface area contributed by atoms with E-state index in [1.807, 2.05) is 41.3 Å². The lowest BCUT2D eigenvalue weighted by Crippen LogP contribution is -2.31. The second-order valence-corrected chi connectivity index (χ2v) is 7.80. The molecule has 142 valence electrons. The Morgan fingerprint density at radius 2 is 2.11 bits per heavy atom. The topological polar surface area (TPSA) is 71.8 Å². The van der Waals surface area contributed by atoms with Crippen molar-refractivity contribution < 1.29 is 18.7 Å². The largest absolute Gasteiger partial charge is 0.467 e. The second-order valence-electron chi connectivity index (χ2n) is 6.73. The smallest absolute Gasteiger partial charge is 0.251 e. The molecule has 0 aliphatic carbocycles. The molecule has 1 aromatic carbocycles. The van der Waals surface area contributed by atoms with Crippen molar-refractivity contribution in [2.24, 2.45) is 0 Å². The van der Waals surface area contributed by atoms with Crippen LogP contribution in [0.3, 0.4) is 0 Å². The van der Waals surface area contributed by atoms with Gasteiger partial charge in [0.1, 0.15) is 11.1 Å². The Morgan fingerprint density at radius 3 is 2.81 bits per heavy atom. The highest BCUT2D eigenvalue weighted by atomic mass is 32.2. The number of benzene rings is 1. The lowest BCUT2D eigenvalue weighted by Gasteiger charge is -2.23. The van der Waals surface area contributed by atoms with Crippen LogP contribution in [-0.2, 0) is 16.1 Å². The average molecular weight is 386 g/mol. The van der Waals surface area contributed by atoms with Crippen molar-refractivity contribution in [3.63, 3.8) is 0 Å². The molecule has 7 heteroatoms. The zero-order valence-corrected chi connectivity index (χ0v) is 15.7. The van der Waals surface area contributed by atoms with Crippen molar-refractivity contribution >= 4 is 23.6 Å². The van der Waals surface area contributed by atoms with Gasteiger partial charge in [0.15, 0.2) is 0 Å². The molecule has 1 N–H and O–H groups in total. The van der Waals surface area contributed by atoms with E-state index in [2.05, 4.69) is 5.32 Å². The van der Waals surface area contributed by atoms with Crippen LogP contribution in [0.5, 0.6) is 0 Å². The minimum Gasteiger partial charge on any atom is -0.467 e. The molecular weight excluding hydrogens is 364 g/mol. The number of thioether (sulfide) groups is 1. The number of carbonyl (C=O) groups is 2. The highest BCUT2D eigenvalue weighted by Crippen LogP contribution is 2.39. The van der Waals surface area contributed by atoms with Crippen LogP contribution in [0.15, 0.2) is 47.1 Å². The molecule has 2 amide bonds. The quantitative estimate of drug-likeness (QED) is 0.826. The van der Waals surface area contributed by atoms with E-state index in [0.717, 1.165) is 30.8 Å². The molecule has 0 spiro atoms. The summed E-state index contributed by atoms with van der Waals surface area (Å²) in [6, 6.07) is 11.2. The molecule has 3 heterocycles. The van der Waals surface area contributed by atoms with Crippen molar-refractivity contribution in [2.45, 2.75) is 30.9 Å². The van der Waals surface area contributed by atoms with Crippen LogP contribution in [0.2, 0.25) is 0 Å². The van der Waals surface area contributed by atoms with Gasteiger partial charge in [-0.05, 0) is 42.7 Å². The number of nitrogens with zero attached hydrogens (tertiary/aromatic N) is 1. The number of hydrogen-bond acceptors (Lipinski definition) is 5. The Balaban J connectivity index is 1.40. The predicted octanol–water partition coefficient (Wildman–Crippen LogP) is 2.96. The summed E-state index contributed by atoms with van der Waals surface area (Å²) in [4.78, 5) is 26.4. The summed E-state index contributed by atoms with van der Waals surface area (Å²) >= 11 is 1.59. The molecule has 6 nitrogen and oxygen atoms in total. The zero-order valence-electron chi connectivity index (χ0n) is 14.9. The number of rotatable bonds is 6. The maximum atomic E-state index is 12.3. The SMILES string of the molecule is O=C(NC[C@H]1CCCO1)c1ccc([C@H]2SCC(=O)N2Cc2ccco2)cc1. The lowest BCUT2D eigenvalue weighted by molar-refractivity contribution is -0.128. The Hall–Kier alpha value is -2.25. The van der Waals surface area contributed by atoms with Gasteiger partial charge in [-0.1, -0.05) is 12.1 Å². The summed E-state index contributed by atoms with van der Waals surface area (Å²) < 4.78 is 10.9. The van der Waals surface area contributed by atoms with E-state index < -0.39 is 0 Å². The Kier molecular flexibility index (Phi) is 5.50. The van der Waals surface area contributed by atoms with Crippen molar-refractivity contribution in [3.8, 4) is 0 Å². The number of nitrogens with one attached hydrogen (secondary N) is 1. The van der Waals surface area contributed by atoms with Crippen LogP contribution in [0.4, 0.5) is 0 Å². The third kappa shape index (κ3) is 4.20. The summed E-state index contributed by atoms with van der Waals surface area (Å²) in [5, 5.41) is 2.87. The molecule has 1 aromatic heterocycles. The fourth-order valence-electron chi connectivity index (χ4n) is 3.38. The number of ether oxygens (including phenoxy) is 1. The third-order valence-electron chi connectivity index (χ3n) is 4.85. The van der Waals surface area contributed by atoms with Gasteiger partial charge in [0.25, 0.3) is 5.91 Å². The fourth-order valence-corrected chi connectivity index (χ4v) is 4.57. The molecule has 4 rings (SSSR count). The molecule has 2 aliphatic heterocycles. The monoisotopic (exact) mass is 386 g/mol. The van der Waals surface area contributed by atoms with Crippen LogP contribution in [0.1, 0.15) is 39.9 Å². The van der Waals surface area contributed by atoms with Gasteiger partial charge in [-0.15, -0.1) is 11.8 Å². The molecule has 0 unspecified atom stereocenters. The van der Waals surface area contributed by atoms with Gasteiger partial charge in [0, 0.05) is 18.7 Å². The third-order valence-corrected chi connectivity index (χ3v) is 6.10. The van der Waals surface area contributed by atoms with Gasteiger partial charge in [0.2, 0.25) is 5.91 Å². The first-order chi connectivity index (χ1) is 13.2. The Labute approximate surface area is 162 Å². The number of carbonyl (C=O) groups excluding carboxylic acids is 2. The summed E-state index contributed by atoms with van der Waals surface area (Å²) in [6.07, 6.45) is 3.80. The average Bonchev–Trinajstić information content (AvgIpc) is 3.44. The van der Waals surface area contributed by atoms with E-state index in [9.17, 15) is 9.59 Å². The van der Waals surface area contributed by atoms with Gasteiger partial charge in [-0.25, -0.2) is 0 Å². The molecule has 2 aliphatic rings. The first-order valence-corrected chi connectivity index (χ1v) is 10.2. The van der Waals surface area contributed by atoms with Crippen LogP contribution in [-0.4, -0.2) is 41.7 Å². The van der Waals surface area contributed by atoms with Crippen LogP contribution < -0.4 is 5.32 Å². The lowest BCUT2D eigenvalue weighted by atomic mass is 10.1. The molecule has 0 radical (unpaired) electrons. The Bertz CT molecular complexity index is 785. The van der Waals surface area contributed by atoms with Crippen LogP contribution in [0, 0.1) is 0 Å². The predicted molar refractivity (Wildman–Crippen MR) is 102 cm³/mol. The van der Waals surface area contributed by atoms with Gasteiger partial charge in [-0.3, -0.25) is 9.59 Å². The van der Waals surface area contributed by atoms with Gasteiger partial charge < -0.3 is 19.4 Å². The molecule has 0 bridgehead atoms. The number of hydrogen-bond donors (Lipinski definition) is 1. The maximum absolute atomic E-state index is 12.3. The van der Waals surface area contributed by atoms with Crippen molar-refractivity contribution in [1.29, 1.82) is 0 Å².